The van der Waals surface area contributed by atoms with E-state index in [0.29, 0.717) is 68.5 Å². The highest BCUT2D eigenvalue weighted by Crippen LogP contribution is 2.53. The van der Waals surface area contributed by atoms with Crippen LogP contribution in [0.5, 0.6) is 0 Å². The van der Waals surface area contributed by atoms with E-state index in [-0.39, 0.29) is 54.0 Å². The maximum absolute atomic E-state index is 16.3. The van der Waals surface area contributed by atoms with Gasteiger partial charge in [0, 0.05) is 109 Å². The number of aromatic amines is 4. The smallest absolute Gasteiger partial charge is 0.305 e. The van der Waals surface area contributed by atoms with Crippen LogP contribution in [0.2, 0.25) is 0 Å². The van der Waals surface area contributed by atoms with Gasteiger partial charge in [0.15, 0.2) is 5.65 Å². The lowest BCUT2D eigenvalue weighted by atomic mass is 9.85. The van der Waals surface area contributed by atoms with Gasteiger partial charge in [-0.1, -0.05) is 46.1 Å². The topological polar surface area (TPSA) is 227 Å². The number of carbonyl (C=O) groups is 2. The first-order chi connectivity index (χ1) is 43.3. The number of aromatic nitrogens is 12. The molecule has 9 aromatic heterocycles. The van der Waals surface area contributed by atoms with Crippen molar-refractivity contribution in [3.63, 3.8) is 0 Å². The highest BCUT2D eigenvalue weighted by atomic mass is 16.5. The standard InChI is InChI=1S/C73H68N12O5/c1-15-39-32(6)47-24-50-36(10)43(19-21-61(87)90-14)67(79-50)65-69-63(38(12)51(81-69)22-44-30(4)31(5)45(74-44)25-53(39)75-47)72-84-58-28-56-57(29-59(58)85(72)73(65)88)83-70-62-37(11)52-27-55-41(17-3)34(8)48(77-55)26-54-40(16-2)33(7)46(76-54)23-49-35(9)42(18-20-60(86)89-13)66(78-49)64(68(62)80-52)71(70)82-56/h15-16,22-29,35-36,42-43,75-76,80-81H,1-2,17-21H2,3-14H3/t35-,36-,42-,43-/m0/s1. The molecular formula is C73H68N12O5. The van der Waals surface area contributed by atoms with Gasteiger partial charge in [0.2, 0.25) is 0 Å². The normalized spacial score (nSPS) is 17.0. The van der Waals surface area contributed by atoms with E-state index in [2.05, 4.69) is 139 Å². The maximum atomic E-state index is 16.3. The molecule has 90 heavy (non-hydrogen) atoms. The molecular weight excluding hydrogens is 1120 g/mol. The van der Waals surface area contributed by atoms with Gasteiger partial charge in [0.1, 0.15) is 5.69 Å². The van der Waals surface area contributed by atoms with Crippen LogP contribution in [0, 0.1) is 27.7 Å². The van der Waals surface area contributed by atoms with E-state index in [1.54, 1.807) is 4.40 Å². The molecule has 0 unspecified atom stereocenters. The molecule has 450 valence electrons. The van der Waals surface area contributed by atoms with Gasteiger partial charge in [0.05, 0.1) is 92.6 Å². The van der Waals surface area contributed by atoms with Crippen molar-refractivity contribution in [2.45, 2.75) is 125 Å². The third-order valence-electron chi connectivity index (χ3n) is 20.4. The molecule has 0 saturated heterocycles. The molecule has 15 rings (SSSR count). The number of ether oxygens (including phenoxy) is 2. The zero-order chi connectivity index (χ0) is 62.8. The molecule has 4 atom stereocenters. The molecule has 1 aliphatic carbocycles. The van der Waals surface area contributed by atoms with Crippen LogP contribution < -0.4 is 5.56 Å². The Kier molecular flexibility index (Phi) is 12.8. The Labute approximate surface area is 517 Å². The first-order valence-electron chi connectivity index (χ1n) is 31.0. The highest BCUT2D eigenvalue weighted by Gasteiger charge is 2.39. The van der Waals surface area contributed by atoms with Crippen molar-refractivity contribution >= 4 is 129 Å². The number of hydrogen-bond acceptors (Lipinski definition) is 12. The lowest BCUT2D eigenvalue weighted by Crippen LogP contribution is -2.16. The molecule has 4 aliphatic heterocycles. The summed E-state index contributed by atoms with van der Waals surface area (Å²) in [4.78, 5) is 95.6. The van der Waals surface area contributed by atoms with Gasteiger partial charge in [-0.2, -0.15) is 0 Å². The number of pyridine rings is 1. The minimum Gasteiger partial charge on any atom is -0.469 e. The first kappa shape index (κ1) is 56.4. The SMILES string of the molecule is C=Cc1c(C)c2cc3nc(c4c(=O)n5c6cc7nc8c(nc7cc6nc5c5c(C)c(cc6nc(cc1[nH]2)C(C)=C6C)[nH]c45)-c1c2nc(cc4[nH]c(cc5nc(cc6[nH]c1c-8c6C)C(CC)=C5C)c(C=C)c4C)[C@@H](C)[C@@H]2CCC(=O)OC)[C@@H](CCC(=O)OC)[C@@H]3C. The number of rotatable bonds is 9. The number of aryl methyl sites for hydroxylation is 4. The Balaban J connectivity index is 1.04. The van der Waals surface area contributed by atoms with Gasteiger partial charge < -0.3 is 29.4 Å². The lowest BCUT2D eigenvalue weighted by Gasteiger charge is -2.17. The van der Waals surface area contributed by atoms with Gasteiger partial charge in [-0.3, -0.25) is 28.8 Å². The van der Waals surface area contributed by atoms with E-state index in [1.807, 2.05) is 24.3 Å². The van der Waals surface area contributed by atoms with Crippen molar-refractivity contribution in [3.05, 3.63) is 151 Å². The van der Waals surface area contributed by atoms with E-state index in [4.69, 9.17) is 44.4 Å². The minimum atomic E-state index is -0.353. The first-order valence-corrected chi connectivity index (χ1v) is 31.0. The predicted octanol–water partition coefficient (Wildman–Crippen LogP) is 15.8. The van der Waals surface area contributed by atoms with Crippen LogP contribution in [0.15, 0.2) is 66.5 Å². The van der Waals surface area contributed by atoms with Crippen molar-refractivity contribution in [2.24, 2.45) is 0 Å². The Morgan fingerprint density at radius 2 is 1.03 bits per heavy atom. The fourth-order valence-electron chi connectivity index (χ4n) is 15.0. The molecule has 0 spiro atoms. The molecule has 17 nitrogen and oxygen atoms in total. The number of fused-ring (bicyclic) bond motifs is 24. The molecule has 17 heteroatoms. The second-order valence-corrected chi connectivity index (χ2v) is 25.0. The fraction of sp³-hybridized carbons (Fsp3) is 0.288. The molecule has 16 bridgehead atoms. The van der Waals surface area contributed by atoms with Crippen molar-refractivity contribution in [1.29, 1.82) is 0 Å². The molecule has 1 aromatic carbocycles. The van der Waals surface area contributed by atoms with Gasteiger partial charge in [-0.05, 0) is 161 Å². The second kappa shape index (κ2) is 20.4. The van der Waals surface area contributed by atoms with E-state index in [1.165, 1.54) is 14.2 Å². The predicted molar refractivity (Wildman–Crippen MR) is 359 cm³/mol. The van der Waals surface area contributed by atoms with Crippen LogP contribution in [0.25, 0.3) is 140 Å². The number of nitrogens with zero attached hydrogens (tertiary/aromatic N) is 8. The number of esters is 2. The van der Waals surface area contributed by atoms with Crippen LogP contribution in [-0.2, 0) is 19.1 Å². The average molecular weight is 1190 g/mol. The summed E-state index contributed by atoms with van der Waals surface area (Å²) in [6.45, 7) is 29.5. The number of allylic oxidation sites excluding steroid dienone is 4. The van der Waals surface area contributed by atoms with Gasteiger partial charge in [0.25, 0.3) is 5.56 Å². The fourth-order valence-corrected chi connectivity index (χ4v) is 15.0. The monoisotopic (exact) mass is 1190 g/mol. The van der Waals surface area contributed by atoms with Crippen LogP contribution in [0.3, 0.4) is 0 Å². The van der Waals surface area contributed by atoms with E-state index in [0.717, 1.165) is 157 Å². The molecule has 0 radical (unpaired) electrons. The second-order valence-electron chi connectivity index (χ2n) is 25.0. The Bertz CT molecular complexity index is 5470. The number of hydrogen-bond donors (Lipinski definition) is 4. The summed E-state index contributed by atoms with van der Waals surface area (Å²) in [6.07, 6.45) is 5.72. The molecule has 13 heterocycles. The number of benzene rings is 1. The zero-order valence-corrected chi connectivity index (χ0v) is 52.7. The van der Waals surface area contributed by atoms with Gasteiger partial charge in [-0.15, -0.1) is 0 Å². The maximum Gasteiger partial charge on any atom is 0.305 e. The highest BCUT2D eigenvalue weighted by molar-refractivity contribution is 6.13. The lowest BCUT2D eigenvalue weighted by molar-refractivity contribution is -0.141. The number of imidazole rings is 1. The molecule has 0 saturated carbocycles. The van der Waals surface area contributed by atoms with Gasteiger partial charge >= 0.3 is 11.9 Å². The van der Waals surface area contributed by atoms with Crippen LogP contribution in [0.4, 0.5) is 0 Å². The van der Waals surface area contributed by atoms with Crippen molar-refractivity contribution in [3.8, 4) is 22.5 Å². The van der Waals surface area contributed by atoms with E-state index < -0.39 is 0 Å². The van der Waals surface area contributed by atoms with Crippen LogP contribution in [0.1, 0.15) is 176 Å². The number of methoxy groups -OCH3 is 2. The number of H-pyrrole nitrogens is 4. The Morgan fingerprint density at radius 3 is 1.62 bits per heavy atom. The largest absolute Gasteiger partial charge is 0.469 e. The molecule has 10 aromatic rings. The van der Waals surface area contributed by atoms with Crippen molar-refractivity contribution < 1.29 is 19.1 Å². The number of carbonyl (C=O) groups excluding carboxylic acids is 2. The summed E-state index contributed by atoms with van der Waals surface area (Å²) in [5, 5.41) is 1.15. The van der Waals surface area contributed by atoms with Crippen molar-refractivity contribution in [1.82, 2.24) is 59.2 Å². The molecule has 5 aliphatic rings. The zero-order valence-electron chi connectivity index (χ0n) is 52.7. The van der Waals surface area contributed by atoms with E-state index in [9.17, 15) is 9.59 Å². The molecule has 4 N–H and O–H groups in total. The summed E-state index contributed by atoms with van der Waals surface area (Å²) in [5.41, 5.74) is 28.6. The minimum absolute atomic E-state index is 0.112. The number of nitrogens with one attached hydrogen (secondary N) is 4. The summed E-state index contributed by atoms with van der Waals surface area (Å²) < 4.78 is 12.2. The Morgan fingerprint density at radius 1 is 0.533 bits per heavy atom. The van der Waals surface area contributed by atoms with Gasteiger partial charge in [-0.25, -0.2) is 24.9 Å². The summed E-state index contributed by atoms with van der Waals surface area (Å²) in [5.74, 6) is -1.52. The van der Waals surface area contributed by atoms with Crippen LogP contribution in [-0.4, -0.2) is 85.4 Å². The van der Waals surface area contributed by atoms with Crippen LogP contribution >= 0.6 is 0 Å². The third kappa shape index (κ3) is 8.12. The summed E-state index contributed by atoms with van der Waals surface area (Å²) in [7, 11) is 2.82. The van der Waals surface area contributed by atoms with E-state index >= 15 is 4.79 Å². The molecule has 0 amide bonds. The average Bonchev–Trinajstić information content (AvgIpc) is 1.54. The Hall–Kier alpha value is -10.2. The summed E-state index contributed by atoms with van der Waals surface area (Å²) in [6, 6.07) is 16.5. The third-order valence-corrected chi connectivity index (χ3v) is 20.4. The summed E-state index contributed by atoms with van der Waals surface area (Å²) >= 11 is 0. The van der Waals surface area contributed by atoms with Crippen molar-refractivity contribution in [2.75, 3.05) is 14.2 Å². The molecule has 0 fully saturated rings. The quantitative estimate of drug-likeness (QED) is 0.0990.